The third kappa shape index (κ3) is 4.54. The van der Waals surface area contributed by atoms with Gasteiger partial charge in [-0.2, -0.15) is 0 Å². The summed E-state index contributed by atoms with van der Waals surface area (Å²) in [7, 11) is 0. The summed E-state index contributed by atoms with van der Waals surface area (Å²) in [6.45, 7) is 0. The van der Waals surface area contributed by atoms with E-state index in [-0.39, 0.29) is 5.69 Å². The molecule has 0 aliphatic heterocycles. The van der Waals surface area contributed by atoms with E-state index < -0.39 is 21.9 Å². The highest BCUT2D eigenvalue weighted by molar-refractivity contribution is 5.88. The van der Waals surface area contributed by atoms with E-state index in [9.17, 15) is 19.7 Å². The summed E-state index contributed by atoms with van der Waals surface area (Å²) in [5, 5.41) is 13.4. The molecule has 4 rings (SSSR count). The van der Waals surface area contributed by atoms with Gasteiger partial charge in [-0.25, -0.2) is 4.79 Å². The summed E-state index contributed by atoms with van der Waals surface area (Å²) in [4.78, 5) is 41.9. The maximum atomic E-state index is 11.7. The molecule has 152 valence electrons. The molecule has 31 heavy (non-hydrogen) atoms. The van der Waals surface area contributed by atoms with Crippen molar-refractivity contribution in [1.29, 1.82) is 0 Å². The van der Waals surface area contributed by atoms with Gasteiger partial charge in [0.05, 0.1) is 10.6 Å². The molecule has 4 aromatic rings. The zero-order chi connectivity index (χ0) is 21.8. The number of nitrogens with zero attached hydrogens (tertiary/aromatic N) is 2. The van der Waals surface area contributed by atoms with Crippen LogP contribution in [0, 0.1) is 10.1 Å². The summed E-state index contributed by atoms with van der Waals surface area (Å²) in [5.41, 5.74) is -0.285. The number of aromatic amines is 2. The molecule has 0 amide bonds. The van der Waals surface area contributed by atoms with Gasteiger partial charge in [-0.3, -0.25) is 24.9 Å². The molecular formula is C23H16N4O4. The second-order valence-electron chi connectivity index (χ2n) is 6.72. The molecule has 0 fully saturated rings. The Morgan fingerprint density at radius 1 is 0.839 bits per heavy atom. The summed E-state index contributed by atoms with van der Waals surface area (Å²) >= 11 is 0. The van der Waals surface area contributed by atoms with Gasteiger partial charge in [0.15, 0.2) is 0 Å². The van der Waals surface area contributed by atoms with Gasteiger partial charge in [-0.15, -0.1) is 0 Å². The third-order valence-corrected chi connectivity index (χ3v) is 4.60. The highest BCUT2D eigenvalue weighted by atomic mass is 16.6. The summed E-state index contributed by atoms with van der Waals surface area (Å²) in [6, 6.07) is 21.3. The first kappa shape index (κ1) is 19.7. The van der Waals surface area contributed by atoms with Gasteiger partial charge in [0.25, 0.3) is 0 Å². The molecule has 0 spiro atoms. The Morgan fingerprint density at radius 3 is 2.29 bits per heavy atom. The molecule has 0 unspecified atom stereocenters. The van der Waals surface area contributed by atoms with Gasteiger partial charge < -0.3 is 4.98 Å². The SMILES string of the molecule is O=c1[nH]c(C=Cc2ccc(C=Nc3ccc4ccccc4c3)cc2)c([N+](=O)[O-])c(=O)[nH]1. The van der Waals surface area contributed by atoms with Crippen LogP contribution in [0.1, 0.15) is 16.8 Å². The van der Waals surface area contributed by atoms with Crippen LogP contribution in [-0.4, -0.2) is 21.1 Å². The fourth-order valence-corrected chi connectivity index (χ4v) is 3.08. The van der Waals surface area contributed by atoms with Crippen LogP contribution >= 0.6 is 0 Å². The molecule has 2 N–H and O–H groups in total. The first-order valence-corrected chi connectivity index (χ1v) is 9.31. The smallest absolute Gasteiger partial charge is 0.301 e. The first-order chi connectivity index (χ1) is 15.0. The number of aromatic nitrogens is 2. The van der Waals surface area contributed by atoms with E-state index in [1.807, 2.05) is 59.6 Å². The molecule has 8 nitrogen and oxygen atoms in total. The van der Waals surface area contributed by atoms with E-state index in [0.717, 1.165) is 27.6 Å². The van der Waals surface area contributed by atoms with Gasteiger partial charge in [0.2, 0.25) is 0 Å². The number of hydrogen-bond donors (Lipinski definition) is 2. The maximum Gasteiger partial charge on any atom is 0.357 e. The van der Waals surface area contributed by atoms with Crippen LogP contribution < -0.4 is 11.2 Å². The minimum Gasteiger partial charge on any atom is -0.301 e. The number of aliphatic imine (C=N–C) groups is 1. The van der Waals surface area contributed by atoms with Crippen LogP contribution in [0.3, 0.4) is 0 Å². The van der Waals surface area contributed by atoms with Gasteiger partial charge in [0.1, 0.15) is 5.69 Å². The molecule has 1 heterocycles. The maximum absolute atomic E-state index is 11.7. The molecule has 0 saturated heterocycles. The van der Waals surface area contributed by atoms with Crippen molar-refractivity contribution in [1.82, 2.24) is 9.97 Å². The van der Waals surface area contributed by atoms with Gasteiger partial charge >= 0.3 is 16.9 Å². The minimum absolute atomic E-state index is 0.166. The summed E-state index contributed by atoms with van der Waals surface area (Å²) in [6.07, 6.45) is 4.64. The summed E-state index contributed by atoms with van der Waals surface area (Å²) in [5.74, 6) is 0. The highest BCUT2D eigenvalue weighted by Crippen LogP contribution is 2.21. The van der Waals surface area contributed by atoms with Crippen LogP contribution in [0.15, 0.2) is 81.3 Å². The Kier molecular flexibility index (Phi) is 5.35. The van der Waals surface area contributed by atoms with Crippen LogP contribution in [0.5, 0.6) is 0 Å². The number of H-pyrrole nitrogens is 2. The lowest BCUT2D eigenvalue weighted by molar-refractivity contribution is -0.386. The Bertz CT molecular complexity index is 1450. The zero-order valence-electron chi connectivity index (χ0n) is 16.1. The minimum atomic E-state index is -1.05. The van der Waals surface area contributed by atoms with Crippen molar-refractivity contribution in [3.8, 4) is 0 Å². The number of rotatable bonds is 5. The van der Waals surface area contributed by atoms with Crippen molar-refractivity contribution < 1.29 is 4.92 Å². The van der Waals surface area contributed by atoms with Crippen LogP contribution in [0.25, 0.3) is 22.9 Å². The lowest BCUT2D eigenvalue weighted by atomic mass is 10.1. The largest absolute Gasteiger partial charge is 0.357 e. The van der Waals surface area contributed by atoms with Crippen LogP contribution in [-0.2, 0) is 0 Å². The lowest BCUT2D eigenvalue weighted by Crippen LogP contribution is -2.25. The molecule has 3 aromatic carbocycles. The molecule has 0 radical (unpaired) electrons. The zero-order valence-corrected chi connectivity index (χ0v) is 16.1. The predicted octanol–water partition coefficient (Wildman–Crippen LogP) is 4.05. The Morgan fingerprint density at radius 2 is 1.55 bits per heavy atom. The molecule has 0 aliphatic carbocycles. The molecule has 0 aliphatic rings. The van der Waals surface area contributed by atoms with E-state index in [4.69, 9.17) is 0 Å². The average molecular weight is 412 g/mol. The van der Waals surface area contributed by atoms with Gasteiger partial charge in [-0.05, 0) is 40.1 Å². The van der Waals surface area contributed by atoms with Crippen molar-refractivity contribution in [2.24, 2.45) is 4.99 Å². The fraction of sp³-hybridized carbons (Fsp3) is 0. The lowest BCUT2D eigenvalue weighted by Gasteiger charge is -2.00. The monoisotopic (exact) mass is 412 g/mol. The molecule has 8 heteroatoms. The summed E-state index contributed by atoms with van der Waals surface area (Å²) < 4.78 is 0. The number of benzene rings is 3. The average Bonchev–Trinajstić information content (AvgIpc) is 2.76. The second-order valence-corrected chi connectivity index (χ2v) is 6.72. The van der Waals surface area contributed by atoms with Gasteiger partial charge in [0, 0.05) is 6.21 Å². The van der Waals surface area contributed by atoms with Crippen LogP contribution in [0.2, 0.25) is 0 Å². The van der Waals surface area contributed by atoms with Crippen molar-refractivity contribution in [2.75, 3.05) is 0 Å². The number of nitrogens with one attached hydrogen (secondary N) is 2. The Labute approximate surface area is 175 Å². The van der Waals surface area contributed by atoms with Crippen molar-refractivity contribution in [2.45, 2.75) is 0 Å². The predicted molar refractivity (Wildman–Crippen MR) is 121 cm³/mol. The quantitative estimate of drug-likeness (QED) is 0.292. The van der Waals surface area contributed by atoms with E-state index in [0.29, 0.717) is 0 Å². The second kappa shape index (κ2) is 8.42. The standard InChI is InChI=1S/C23H16N4O4/c28-22-21(27(30)31)20(25-23(29)26-22)12-9-15-5-7-16(8-6-15)14-24-19-11-10-17-3-1-2-4-18(17)13-19/h1-14H,(H2,25,26,28,29). The highest BCUT2D eigenvalue weighted by Gasteiger charge is 2.18. The first-order valence-electron chi connectivity index (χ1n) is 9.31. The Balaban J connectivity index is 1.53. The molecule has 1 aromatic heterocycles. The van der Waals surface area contributed by atoms with E-state index >= 15 is 0 Å². The number of hydrogen-bond acceptors (Lipinski definition) is 5. The normalized spacial score (nSPS) is 11.5. The van der Waals surface area contributed by atoms with E-state index in [1.54, 1.807) is 24.4 Å². The topological polar surface area (TPSA) is 121 Å². The van der Waals surface area contributed by atoms with Crippen molar-refractivity contribution in [3.05, 3.63) is 115 Å². The molecule has 0 atom stereocenters. The molecular weight excluding hydrogens is 396 g/mol. The third-order valence-electron chi connectivity index (χ3n) is 4.60. The van der Waals surface area contributed by atoms with E-state index in [1.165, 1.54) is 6.08 Å². The van der Waals surface area contributed by atoms with Crippen molar-refractivity contribution in [3.63, 3.8) is 0 Å². The molecule has 0 bridgehead atoms. The van der Waals surface area contributed by atoms with Crippen molar-refractivity contribution >= 4 is 40.5 Å². The van der Waals surface area contributed by atoms with Gasteiger partial charge in [-0.1, -0.05) is 60.7 Å². The molecule has 0 saturated carbocycles. The Hall–Kier alpha value is -4.59. The number of nitro groups is 1. The fourth-order valence-electron chi connectivity index (χ4n) is 3.08. The van der Waals surface area contributed by atoms with Crippen LogP contribution in [0.4, 0.5) is 11.4 Å². The van der Waals surface area contributed by atoms with E-state index in [2.05, 4.69) is 9.98 Å². The number of fused-ring (bicyclic) bond motifs is 1.